The molecule has 6 nitrogen and oxygen atoms in total. The molecule has 0 spiro atoms. The van der Waals surface area contributed by atoms with Crippen LogP contribution in [0.25, 0.3) is 10.6 Å². The average Bonchev–Trinajstić information content (AvgIpc) is 3.04. The molecule has 1 aromatic carbocycles. The standard InChI is InChI=1S/C15H12N4O2S/c20-15(21-13-6-7-16-10-18-13)17-8-12-9-22-14(19-12)11-4-2-1-3-5-11/h1-7,9-10H,8H2,(H,17,20). The summed E-state index contributed by atoms with van der Waals surface area (Å²) in [7, 11) is 0. The van der Waals surface area contributed by atoms with Gasteiger partial charge >= 0.3 is 6.09 Å². The van der Waals surface area contributed by atoms with Crippen molar-refractivity contribution >= 4 is 17.4 Å². The molecular weight excluding hydrogens is 300 g/mol. The minimum atomic E-state index is -0.576. The lowest BCUT2D eigenvalue weighted by atomic mass is 10.2. The Kier molecular flexibility index (Phi) is 4.35. The van der Waals surface area contributed by atoms with Gasteiger partial charge in [-0.1, -0.05) is 30.3 Å². The van der Waals surface area contributed by atoms with Crippen molar-refractivity contribution in [3.63, 3.8) is 0 Å². The van der Waals surface area contributed by atoms with Gasteiger partial charge in [0.05, 0.1) is 12.2 Å². The first-order valence-corrected chi connectivity index (χ1v) is 7.41. The molecule has 7 heteroatoms. The molecule has 110 valence electrons. The molecule has 0 aliphatic carbocycles. The van der Waals surface area contributed by atoms with Crippen molar-refractivity contribution < 1.29 is 9.53 Å². The van der Waals surface area contributed by atoms with Crippen LogP contribution in [0.15, 0.2) is 54.3 Å². The van der Waals surface area contributed by atoms with E-state index in [4.69, 9.17) is 4.74 Å². The van der Waals surface area contributed by atoms with Crippen molar-refractivity contribution in [1.29, 1.82) is 0 Å². The summed E-state index contributed by atoms with van der Waals surface area (Å²) in [5.74, 6) is 0.204. The van der Waals surface area contributed by atoms with E-state index in [1.165, 1.54) is 29.9 Å². The van der Waals surface area contributed by atoms with Crippen molar-refractivity contribution in [3.8, 4) is 16.5 Å². The molecule has 2 aromatic heterocycles. The van der Waals surface area contributed by atoms with Crippen LogP contribution in [0.3, 0.4) is 0 Å². The van der Waals surface area contributed by atoms with Crippen molar-refractivity contribution in [2.24, 2.45) is 0 Å². The highest BCUT2D eigenvalue weighted by Crippen LogP contribution is 2.23. The first-order chi connectivity index (χ1) is 10.8. The molecule has 0 unspecified atom stereocenters. The van der Waals surface area contributed by atoms with Gasteiger partial charge < -0.3 is 10.1 Å². The van der Waals surface area contributed by atoms with Gasteiger partial charge in [-0.15, -0.1) is 11.3 Å². The number of amides is 1. The molecular formula is C15H12N4O2S. The topological polar surface area (TPSA) is 77.0 Å². The number of nitrogens with zero attached hydrogens (tertiary/aromatic N) is 3. The minimum Gasteiger partial charge on any atom is -0.391 e. The van der Waals surface area contributed by atoms with Crippen LogP contribution in [0.2, 0.25) is 0 Å². The highest BCUT2D eigenvalue weighted by atomic mass is 32.1. The number of thiazole rings is 1. The molecule has 0 fully saturated rings. The molecule has 22 heavy (non-hydrogen) atoms. The van der Waals surface area contributed by atoms with Crippen molar-refractivity contribution in [2.45, 2.75) is 6.54 Å². The lowest BCUT2D eigenvalue weighted by Gasteiger charge is -2.03. The Hall–Kier alpha value is -2.80. The Labute approximate surface area is 130 Å². The van der Waals surface area contributed by atoms with Crippen LogP contribution < -0.4 is 10.1 Å². The first-order valence-electron chi connectivity index (χ1n) is 6.53. The number of hydrogen-bond acceptors (Lipinski definition) is 6. The summed E-state index contributed by atoms with van der Waals surface area (Å²) >= 11 is 1.53. The van der Waals surface area contributed by atoms with Gasteiger partial charge in [0, 0.05) is 23.2 Å². The zero-order chi connectivity index (χ0) is 15.2. The highest BCUT2D eigenvalue weighted by molar-refractivity contribution is 7.13. The Morgan fingerprint density at radius 2 is 2.09 bits per heavy atom. The Morgan fingerprint density at radius 1 is 1.23 bits per heavy atom. The van der Waals surface area contributed by atoms with E-state index < -0.39 is 6.09 Å². The van der Waals surface area contributed by atoms with Crippen LogP contribution in [0.1, 0.15) is 5.69 Å². The van der Waals surface area contributed by atoms with Crippen LogP contribution in [-0.2, 0) is 6.54 Å². The summed E-state index contributed by atoms with van der Waals surface area (Å²) in [5.41, 5.74) is 1.84. The third kappa shape index (κ3) is 3.64. The van der Waals surface area contributed by atoms with E-state index in [9.17, 15) is 4.79 Å². The second-order valence-corrected chi connectivity index (χ2v) is 5.16. The van der Waals surface area contributed by atoms with E-state index in [-0.39, 0.29) is 5.88 Å². The van der Waals surface area contributed by atoms with Crippen LogP contribution in [0.5, 0.6) is 5.88 Å². The number of hydrogen-bond donors (Lipinski definition) is 1. The number of benzene rings is 1. The predicted molar refractivity (Wildman–Crippen MR) is 82.4 cm³/mol. The molecule has 0 aliphatic heterocycles. The van der Waals surface area contributed by atoms with Crippen molar-refractivity contribution in [1.82, 2.24) is 20.3 Å². The zero-order valence-corrected chi connectivity index (χ0v) is 12.3. The molecule has 2 heterocycles. The van der Waals surface area contributed by atoms with Gasteiger partial charge in [0.25, 0.3) is 0 Å². The highest BCUT2D eigenvalue weighted by Gasteiger charge is 2.08. The zero-order valence-electron chi connectivity index (χ0n) is 11.5. The van der Waals surface area contributed by atoms with Gasteiger partial charge in [-0.2, -0.15) is 0 Å². The van der Waals surface area contributed by atoms with Crippen LogP contribution >= 0.6 is 11.3 Å². The van der Waals surface area contributed by atoms with Crippen molar-refractivity contribution in [3.05, 3.63) is 60.0 Å². The summed E-state index contributed by atoms with van der Waals surface area (Å²) in [6, 6.07) is 11.4. The van der Waals surface area contributed by atoms with Gasteiger partial charge in [0.2, 0.25) is 5.88 Å². The smallest absolute Gasteiger partial charge is 0.391 e. The normalized spacial score (nSPS) is 10.2. The fourth-order valence-corrected chi connectivity index (χ4v) is 2.56. The summed E-state index contributed by atoms with van der Waals surface area (Å²) in [6.45, 7) is 0.299. The van der Waals surface area contributed by atoms with E-state index in [0.29, 0.717) is 6.54 Å². The van der Waals surface area contributed by atoms with Gasteiger partial charge in [-0.3, -0.25) is 0 Å². The summed E-state index contributed by atoms with van der Waals surface area (Å²) in [6.07, 6.45) is 2.24. The number of nitrogens with one attached hydrogen (secondary N) is 1. The van der Waals surface area contributed by atoms with Crippen LogP contribution in [-0.4, -0.2) is 21.0 Å². The molecule has 3 aromatic rings. The fraction of sp³-hybridized carbons (Fsp3) is 0.0667. The Morgan fingerprint density at radius 3 is 2.86 bits per heavy atom. The molecule has 0 saturated carbocycles. The molecule has 0 bridgehead atoms. The summed E-state index contributed by atoms with van der Waals surface area (Å²) in [4.78, 5) is 23.7. The van der Waals surface area contributed by atoms with E-state index >= 15 is 0 Å². The van der Waals surface area contributed by atoms with Crippen LogP contribution in [0.4, 0.5) is 4.79 Å². The lowest BCUT2D eigenvalue weighted by Crippen LogP contribution is -2.26. The third-order valence-electron chi connectivity index (χ3n) is 2.74. The van der Waals surface area contributed by atoms with E-state index in [1.807, 2.05) is 35.7 Å². The van der Waals surface area contributed by atoms with Crippen LogP contribution in [0, 0.1) is 0 Å². The number of aromatic nitrogens is 3. The second kappa shape index (κ2) is 6.77. The quantitative estimate of drug-likeness (QED) is 0.801. The van der Waals surface area contributed by atoms with Gasteiger partial charge in [-0.05, 0) is 0 Å². The van der Waals surface area contributed by atoms with Gasteiger partial charge in [0.15, 0.2) is 0 Å². The molecule has 0 saturated heterocycles. The maximum Gasteiger partial charge on any atom is 0.414 e. The molecule has 3 rings (SSSR count). The molecule has 1 N–H and O–H groups in total. The van der Waals surface area contributed by atoms with E-state index in [0.717, 1.165) is 16.3 Å². The van der Waals surface area contributed by atoms with Gasteiger partial charge in [-0.25, -0.2) is 19.7 Å². The molecule has 1 amide bonds. The largest absolute Gasteiger partial charge is 0.414 e. The van der Waals surface area contributed by atoms with E-state index in [1.54, 1.807) is 0 Å². The maximum absolute atomic E-state index is 11.6. The Balaban J connectivity index is 1.56. The maximum atomic E-state index is 11.6. The fourth-order valence-electron chi connectivity index (χ4n) is 1.73. The monoisotopic (exact) mass is 312 g/mol. The number of ether oxygens (including phenoxy) is 1. The van der Waals surface area contributed by atoms with E-state index in [2.05, 4.69) is 20.3 Å². The minimum absolute atomic E-state index is 0.204. The van der Waals surface area contributed by atoms with Gasteiger partial charge in [0.1, 0.15) is 11.3 Å². The number of rotatable bonds is 4. The third-order valence-corrected chi connectivity index (χ3v) is 3.68. The Bertz CT molecular complexity index is 747. The average molecular weight is 312 g/mol. The number of carbonyl (C=O) groups is 1. The summed E-state index contributed by atoms with van der Waals surface area (Å²) < 4.78 is 5.00. The SMILES string of the molecule is O=C(NCc1csc(-c2ccccc2)n1)Oc1ccncn1. The molecule has 0 aliphatic rings. The van der Waals surface area contributed by atoms with Crippen molar-refractivity contribution in [2.75, 3.05) is 0 Å². The predicted octanol–water partition coefficient (Wildman–Crippen LogP) is 2.89. The second-order valence-electron chi connectivity index (χ2n) is 4.30. The first kappa shape index (κ1) is 14.2. The summed E-state index contributed by atoms with van der Waals surface area (Å²) in [5, 5.41) is 5.46. The molecule has 0 atom stereocenters. The molecule has 0 radical (unpaired) electrons. The lowest BCUT2D eigenvalue weighted by molar-refractivity contribution is 0.198. The number of carbonyl (C=O) groups excluding carboxylic acids is 1.